The fourth-order valence-corrected chi connectivity index (χ4v) is 4.85. The smallest absolute Gasteiger partial charge is 0.226 e. The number of nitrogens with one attached hydrogen (secondary N) is 2. The van der Waals surface area contributed by atoms with Crippen LogP contribution in [0.25, 0.3) is 21.5 Å². The lowest BCUT2D eigenvalue weighted by Crippen LogP contribution is -2.30. The maximum atomic E-state index is 12.8. The number of nitrogens with zero attached hydrogens (tertiary/aromatic N) is 1. The molecule has 0 saturated carbocycles. The maximum Gasteiger partial charge on any atom is 0.226 e. The van der Waals surface area contributed by atoms with Gasteiger partial charge in [0.15, 0.2) is 0 Å². The van der Waals surface area contributed by atoms with Crippen LogP contribution in [0.3, 0.4) is 0 Å². The summed E-state index contributed by atoms with van der Waals surface area (Å²) in [7, 11) is 0. The Kier molecular flexibility index (Phi) is 5.81. The minimum absolute atomic E-state index is 0.0179. The molecule has 5 heteroatoms. The van der Waals surface area contributed by atoms with E-state index in [1.54, 1.807) is 11.3 Å². The highest BCUT2D eigenvalue weighted by molar-refractivity contribution is 7.13. The Bertz CT molecular complexity index is 1320. The maximum absolute atomic E-state index is 12.8. The number of hydrogen-bond acceptors (Lipinski definition) is 3. The van der Waals surface area contributed by atoms with Crippen molar-refractivity contribution in [1.82, 2.24) is 15.3 Å². The van der Waals surface area contributed by atoms with Gasteiger partial charge in [-0.1, -0.05) is 78.9 Å². The zero-order valence-corrected chi connectivity index (χ0v) is 18.3. The van der Waals surface area contributed by atoms with Crippen LogP contribution in [0.15, 0.2) is 96.5 Å². The molecule has 0 unspecified atom stereocenters. The Morgan fingerprint density at radius 1 is 0.938 bits per heavy atom. The molecule has 0 radical (unpaired) electrons. The normalized spacial score (nSPS) is 12.0. The monoisotopic (exact) mass is 437 g/mol. The van der Waals surface area contributed by atoms with E-state index >= 15 is 0 Å². The Morgan fingerprint density at radius 2 is 1.66 bits per heavy atom. The number of hydrogen-bond donors (Lipinski definition) is 2. The van der Waals surface area contributed by atoms with E-state index in [4.69, 9.17) is 0 Å². The van der Waals surface area contributed by atoms with Crippen LogP contribution in [-0.2, 0) is 11.2 Å². The molecule has 0 spiro atoms. The summed E-state index contributed by atoms with van der Waals surface area (Å²) in [6.45, 7) is 0.528. The van der Waals surface area contributed by atoms with Gasteiger partial charge in [-0.25, -0.2) is 4.98 Å². The Morgan fingerprint density at radius 3 is 2.47 bits per heavy atom. The number of carbonyl (C=O) groups excluding carboxylic acids is 1. The average molecular weight is 438 g/mol. The predicted octanol–water partition coefficient (Wildman–Crippen LogP) is 5.78. The molecule has 0 fully saturated rings. The first-order chi connectivity index (χ1) is 15.8. The average Bonchev–Trinajstić information content (AvgIpc) is 3.48. The molecule has 1 atom stereocenters. The zero-order valence-electron chi connectivity index (χ0n) is 17.5. The molecule has 32 heavy (non-hydrogen) atoms. The molecule has 1 amide bonds. The third-order valence-electron chi connectivity index (χ3n) is 5.62. The summed E-state index contributed by atoms with van der Waals surface area (Å²) in [5, 5.41) is 7.23. The van der Waals surface area contributed by atoms with E-state index in [1.807, 2.05) is 66.0 Å². The standard InChI is InChI=1S/C27H23N3OS/c31-26(15-21-18-32-27(30-21)20-11-5-2-6-12-20)29-16-23(19-9-3-1-4-10-19)24-17-28-25-14-8-7-13-22(24)25/h1-14,17-18,23,28H,15-16H2,(H,29,31)/t23-/m0/s1. The predicted molar refractivity (Wildman–Crippen MR) is 131 cm³/mol. The largest absolute Gasteiger partial charge is 0.361 e. The van der Waals surface area contributed by atoms with Crippen molar-refractivity contribution in [2.24, 2.45) is 0 Å². The van der Waals surface area contributed by atoms with E-state index in [2.05, 4.69) is 45.7 Å². The lowest BCUT2D eigenvalue weighted by Gasteiger charge is -2.18. The second-order valence-corrected chi connectivity index (χ2v) is 8.60. The number of fused-ring (bicyclic) bond motifs is 1. The van der Waals surface area contributed by atoms with Crippen molar-refractivity contribution < 1.29 is 4.79 Å². The summed E-state index contributed by atoms with van der Waals surface area (Å²) in [6.07, 6.45) is 2.33. The van der Waals surface area contributed by atoms with Gasteiger partial charge in [0, 0.05) is 40.5 Å². The molecule has 2 aromatic heterocycles. The molecule has 0 aliphatic heterocycles. The van der Waals surface area contributed by atoms with Gasteiger partial charge in [0.25, 0.3) is 0 Å². The van der Waals surface area contributed by atoms with Crippen LogP contribution in [-0.4, -0.2) is 22.4 Å². The highest BCUT2D eigenvalue weighted by atomic mass is 32.1. The molecule has 0 aliphatic carbocycles. The third-order valence-corrected chi connectivity index (χ3v) is 6.56. The SMILES string of the molecule is O=C(Cc1csc(-c2ccccc2)n1)NC[C@@H](c1ccccc1)c1c[nH]c2ccccc12. The number of benzene rings is 3. The van der Waals surface area contributed by atoms with Crippen molar-refractivity contribution in [1.29, 1.82) is 0 Å². The summed E-state index contributed by atoms with van der Waals surface area (Å²) >= 11 is 1.57. The van der Waals surface area contributed by atoms with E-state index in [9.17, 15) is 4.79 Å². The van der Waals surface area contributed by atoms with E-state index in [-0.39, 0.29) is 18.2 Å². The Hall–Kier alpha value is -3.70. The molecule has 2 N–H and O–H groups in total. The number of rotatable bonds is 7. The topological polar surface area (TPSA) is 57.8 Å². The van der Waals surface area contributed by atoms with E-state index in [0.29, 0.717) is 6.54 Å². The van der Waals surface area contributed by atoms with Crippen molar-refractivity contribution in [3.8, 4) is 10.6 Å². The van der Waals surface area contributed by atoms with Gasteiger partial charge in [0.05, 0.1) is 12.1 Å². The van der Waals surface area contributed by atoms with Crippen molar-refractivity contribution >= 4 is 28.1 Å². The van der Waals surface area contributed by atoms with E-state index < -0.39 is 0 Å². The number of para-hydroxylation sites is 1. The summed E-state index contributed by atoms with van der Waals surface area (Å²) in [5.74, 6) is 0.0438. The highest BCUT2D eigenvalue weighted by Crippen LogP contribution is 2.30. The van der Waals surface area contributed by atoms with Gasteiger partial charge in [-0.3, -0.25) is 4.79 Å². The van der Waals surface area contributed by atoms with Crippen LogP contribution in [0.4, 0.5) is 0 Å². The first-order valence-electron chi connectivity index (χ1n) is 10.7. The first-order valence-corrected chi connectivity index (χ1v) is 11.5. The molecule has 5 aromatic rings. The fourth-order valence-electron chi connectivity index (χ4n) is 4.02. The quantitative estimate of drug-likeness (QED) is 0.339. The van der Waals surface area contributed by atoms with Crippen molar-refractivity contribution in [2.45, 2.75) is 12.3 Å². The Balaban J connectivity index is 1.32. The molecule has 5 rings (SSSR count). The minimum Gasteiger partial charge on any atom is -0.361 e. The summed E-state index contributed by atoms with van der Waals surface area (Å²) < 4.78 is 0. The van der Waals surface area contributed by atoms with Crippen LogP contribution >= 0.6 is 11.3 Å². The minimum atomic E-state index is -0.0179. The molecular weight excluding hydrogens is 414 g/mol. The van der Waals surface area contributed by atoms with Crippen LogP contribution < -0.4 is 5.32 Å². The number of aromatic amines is 1. The summed E-state index contributed by atoms with van der Waals surface area (Å²) in [6, 6.07) is 28.7. The van der Waals surface area contributed by atoms with Crippen molar-refractivity contribution in [3.63, 3.8) is 0 Å². The molecule has 3 aromatic carbocycles. The van der Waals surface area contributed by atoms with Crippen LogP contribution in [0.5, 0.6) is 0 Å². The number of thiazole rings is 1. The third kappa shape index (κ3) is 4.34. The van der Waals surface area contributed by atoms with Gasteiger partial charge >= 0.3 is 0 Å². The number of amides is 1. The van der Waals surface area contributed by atoms with Crippen LogP contribution in [0.2, 0.25) is 0 Å². The van der Waals surface area contributed by atoms with Gasteiger partial charge in [-0.2, -0.15) is 0 Å². The van der Waals surface area contributed by atoms with Crippen LogP contribution in [0.1, 0.15) is 22.7 Å². The molecule has 4 nitrogen and oxygen atoms in total. The number of aromatic nitrogens is 2. The molecule has 2 heterocycles. The summed E-state index contributed by atoms with van der Waals surface area (Å²) in [5.41, 5.74) is 5.35. The molecule has 0 bridgehead atoms. The lowest BCUT2D eigenvalue weighted by atomic mass is 9.91. The highest BCUT2D eigenvalue weighted by Gasteiger charge is 2.19. The number of carbonyl (C=O) groups is 1. The van der Waals surface area contributed by atoms with Gasteiger partial charge in [0.2, 0.25) is 5.91 Å². The van der Waals surface area contributed by atoms with E-state index in [1.165, 1.54) is 16.5 Å². The molecule has 0 aliphatic rings. The van der Waals surface area contributed by atoms with Crippen molar-refractivity contribution in [2.75, 3.05) is 6.54 Å². The molecule has 0 saturated heterocycles. The van der Waals surface area contributed by atoms with Gasteiger partial charge in [-0.15, -0.1) is 11.3 Å². The lowest BCUT2D eigenvalue weighted by molar-refractivity contribution is -0.120. The van der Waals surface area contributed by atoms with E-state index in [0.717, 1.165) is 21.8 Å². The second-order valence-electron chi connectivity index (χ2n) is 7.74. The number of H-pyrrole nitrogens is 1. The zero-order chi connectivity index (χ0) is 21.8. The Labute approximate surface area is 191 Å². The fraction of sp³-hybridized carbons (Fsp3) is 0.111. The summed E-state index contributed by atoms with van der Waals surface area (Å²) in [4.78, 5) is 20.8. The van der Waals surface area contributed by atoms with Gasteiger partial charge in [0.1, 0.15) is 5.01 Å². The van der Waals surface area contributed by atoms with Crippen LogP contribution in [0, 0.1) is 0 Å². The molecule has 158 valence electrons. The van der Waals surface area contributed by atoms with Gasteiger partial charge < -0.3 is 10.3 Å². The second kappa shape index (κ2) is 9.20. The van der Waals surface area contributed by atoms with Gasteiger partial charge in [-0.05, 0) is 17.2 Å². The van der Waals surface area contributed by atoms with Crippen molar-refractivity contribution in [3.05, 3.63) is 113 Å². The molecular formula is C27H23N3OS. The first kappa shape index (κ1) is 20.2.